The molecule has 5 heteroatoms. The highest BCUT2D eigenvalue weighted by Crippen LogP contribution is 2.51. The van der Waals surface area contributed by atoms with Crippen molar-refractivity contribution in [3.63, 3.8) is 0 Å². The molecule has 29 heavy (non-hydrogen) atoms. The number of Topliss-reactive ketones (excluding diaryl/α,β-unsaturated/α-hetero) is 1. The topological polar surface area (TPSA) is 48.4 Å². The van der Waals surface area contributed by atoms with Crippen LogP contribution in [0.25, 0.3) is 11.1 Å². The number of rotatable bonds is 5. The summed E-state index contributed by atoms with van der Waals surface area (Å²) in [7, 11) is 0. The Morgan fingerprint density at radius 1 is 1.07 bits per heavy atom. The number of ether oxygens (including phenoxy) is 2. The summed E-state index contributed by atoms with van der Waals surface area (Å²) in [6.45, 7) is 2.21. The molecule has 0 amide bonds. The van der Waals surface area contributed by atoms with E-state index in [9.17, 15) is 4.79 Å². The fraction of sp³-hybridized carbons (Fsp3) is 0.250. The second-order valence-electron chi connectivity index (χ2n) is 7.70. The molecule has 1 fully saturated rings. The molecule has 4 nitrogen and oxygen atoms in total. The number of carbonyl (C=O) groups excluding carboxylic acids is 1. The number of halogens is 1. The number of aromatic nitrogens is 1. The van der Waals surface area contributed by atoms with Gasteiger partial charge in [-0.25, -0.2) is 0 Å². The van der Waals surface area contributed by atoms with Crippen LogP contribution < -0.4 is 9.47 Å². The van der Waals surface area contributed by atoms with E-state index in [1.807, 2.05) is 61.5 Å². The molecule has 1 aromatic heterocycles. The first-order valence-electron chi connectivity index (χ1n) is 9.71. The van der Waals surface area contributed by atoms with Gasteiger partial charge in [-0.2, -0.15) is 0 Å². The molecule has 0 N–H and O–H groups in total. The Kier molecular flexibility index (Phi) is 4.32. The van der Waals surface area contributed by atoms with Crippen molar-refractivity contribution < 1.29 is 14.3 Å². The van der Waals surface area contributed by atoms with Crippen molar-refractivity contribution in [2.75, 3.05) is 6.79 Å². The summed E-state index contributed by atoms with van der Waals surface area (Å²) in [6, 6.07) is 17.5. The molecule has 0 atom stereocenters. The fourth-order valence-corrected chi connectivity index (χ4v) is 4.24. The molecule has 0 radical (unpaired) electrons. The largest absolute Gasteiger partial charge is 0.454 e. The van der Waals surface area contributed by atoms with Crippen LogP contribution in [0.1, 0.15) is 29.8 Å². The number of hydrogen-bond donors (Lipinski definition) is 0. The van der Waals surface area contributed by atoms with Gasteiger partial charge in [0.05, 0.1) is 5.41 Å². The number of pyridine rings is 1. The first-order chi connectivity index (χ1) is 14.0. The average molecular weight is 406 g/mol. The third-order valence-corrected chi connectivity index (χ3v) is 6.06. The SMILES string of the molecule is Cc1nc(CC(=O)C2(c3ccc4c(c3)OCO4)CC2)ccc1-c1cccc(Cl)c1. The average Bonchev–Trinajstić information content (AvgIpc) is 3.39. The van der Waals surface area contributed by atoms with Gasteiger partial charge in [-0.3, -0.25) is 9.78 Å². The maximum absolute atomic E-state index is 13.2. The number of benzene rings is 2. The van der Waals surface area contributed by atoms with Gasteiger partial charge in [0, 0.05) is 28.4 Å². The van der Waals surface area contributed by atoms with E-state index in [-0.39, 0.29) is 12.6 Å². The minimum atomic E-state index is -0.414. The van der Waals surface area contributed by atoms with Crippen LogP contribution in [0, 0.1) is 6.92 Å². The molecular weight excluding hydrogens is 386 g/mol. The second-order valence-corrected chi connectivity index (χ2v) is 8.13. The van der Waals surface area contributed by atoms with Crippen molar-refractivity contribution in [1.29, 1.82) is 0 Å². The highest BCUT2D eigenvalue weighted by atomic mass is 35.5. The minimum Gasteiger partial charge on any atom is -0.454 e. The van der Waals surface area contributed by atoms with E-state index in [0.29, 0.717) is 11.4 Å². The molecule has 1 saturated carbocycles. The van der Waals surface area contributed by atoms with Crippen molar-refractivity contribution in [3.8, 4) is 22.6 Å². The van der Waals surface area contributed by atoms with E-state index in [2.05, 4.69) is 0 Å². The molecule has 0 spiro atoms. The zero-order valence-corrected chi connectivity index (χ0v) is 16.8. The molecule has 3 aromatic rings. The van der Waals surface area contributed by atoms with Crippen LogP contribution in [0.3, 0.4) is 0 Å². The maximum Gasteiger partial charge on any atom is 0.231 e. The van der Waals surface area contributed by atoms with Crippen LogP contribution >= 0.6 is 11.6 Å². The standard InChI is InChI=1S/C24H20ClNO3/c1-15-20(16-3-2-4-18(25)11-16)7-6-19(26-15)13-23(27)24(9-10-24)17-5-8-21-22(12-17)29-14-28-21/h2-8,11-12H,9-10,13-14H2,1H3. The molecule has 5 rings (SSSR count). The van der Waals surface area contributed by atoms with E-state index in [1.165, 1.54) is 0 Å². The van der Waals surface area contributed by atoms with Gasteiger partial charge in [-0.1, -0.05) is 35.9 Å². The van der Waals surface area contributed by atoms with E-state index in [1.54, 1.807) is 0 Å². The molecule has 0 saturated heterocycles. The van der Waals surface area contributed by atoms with Crippen LogP contribution in [0.5, 0.6) is 11.5 Å². The van der Waals surface area contributed by atoms with Crippen LogP contribution in [0.4, 0.5) is 0 Å². The van der Waals surface area contributed by atoms with E-state index in [0.717, 1.165) is 52.4 Å². The number of fused-ring (bicyclic) bond motifs is 1. The summed E-state index contributed by atoms with van der Waals surface area (Å²) in [5.74, 6) is 1.67. The van der Waals surface area contributed by atoms with Crippen molar-refractivity contribution in [2.24, 2.45) is 0 Å². The second kappa shape index (κ2) is 6.89. The lowest BCUT2D eigenvalue weighted by Crippen LogP contribution is -2.23. The van der Waals surface area contributed by atoms with Gasteiger partial charge in [0.25, 0.3) is 0 Å². The highest BCUT2D eigenvalue weighted by molar-refractivity contribution is 6.30. The van der Waals surface area contributed by atoms with Crippen molar-refractivity contribution in [3.05, 3.63) is 76.6 Å². The summed E-state index contributed by atoms with van der Waals surface area (Å²) in [5, 5.41) is 0.695. The predicted octanol–water partition coefficient (Wildman–Crippen LogP) is 5.28. The lowest BCUT2D eigenvalue weighted by molar-refractivity contribution is -0.120. The zero-order chi connectivity index (χ0) is 20.0. The molecule has 2 aliphatic rings. The van der Waals surface area contributed by atoms with E-state index in [4.69, 9.17) is 26.1 Å². The zero-order valence-electron chi connectivity index (χ0n) is 16.1. The van der Waals surface area contributed by atoms with Crippen molar-refractivity contribution in [1.82, 2.24) is 4.98 Å². The summed E-state index contributed by atoms with van der Waals surface area (Å²) in [4.78, 5) is 17.9. The van der Waals surface area contributed by atoms with Crippen molar-refractivity contribution >= 4 is 17.4 Å². The Labute approximate surface area is 174 Å². The van der Waals surface area contributed by atoms with E-state index >= 15 is 0 Å². The lowest BCUT2D eigenvalue weighted by atomic mass is 9.88. The number of ketones is 1. The number of carbonyl (C=O) groups is 1. The number of hydrogen-bond acceptors (Lipinski definition) is 4. The Morgan fingerprint density at radius 2 is 1.90 bits per heavy atom. The Balaban J connectivity index is 1.38. The molecule has 0 unspecified atom stereocenters. The van der Waals surface area contributed by atoms with Crippen LogP contribution in [0.2, 0.25) is 5.02 Å². The Hall–Kier alpha value is -2.85. The van der Waals surface area contributed by atoms with Gasteiger partial charge >= 0.3 is 0 Å². The molecule has 2 heterocycles. The monoisotopic (exact) mass is 405 g/mol. The first-order valence-corrected chi connectivity index (χ1v) is 10.1. The Bertz CT molecular complexity index is 1120. The normalized spacial score (nSPS) is 15.9. The van der Waals surface area contributed by atoms with Gasteiger partial charge in [0.15, 0.2) is 11.5 Å². The molecular formula is C24H20ClNO3. The van der Waals surface area contributed by atoms with Crippen molar-refractivity contribution in [2.45, 2.75) is 31.6 Å². The van der Waals surface area contributed by atoms with Gasteiger partial charge in [0.1, 0.15) is 5.78 Å². The third-order valence-electron chi connectivity index (χ3n) is 5.83. The quantitative estimate of drug-likeness (QED) is 0.579. The summed E-state index contributed by atoms with van der Waals surface area (Å²) >= 11 is 6.12. The maximum atomic E-state index is 13.2. The van der Waals surface area contributed by atoms with Gasteiger partial charge in [0.2, 0.25) is 6.79 Å². The number of nitrogens with zero attached hydrogens (tertiary/aromatic N) is 1. The fourth-order valence-electron chi connectivity index (χ4n) is 4.05. The van der Waals surface area contributed by atoms with Crippen LogP contribution in [-0.4, -0.2) is 17.6 Å². The Morgan fingerprint density at radius 3 is 2.66 bits per heavy atom. The highest BCUT2D eigenvalue weighted by Gasteiger charge is 2.50. The molecule has 146 valence electrons. The summed E-state index contributed by atoms with van der Waals surface area (Å²) in [6.07, 6.45) is 2.06. The first kappa shape index (κ1) is 18.2. The van der Waals surface area contributed by atoms with E-state index < -0.39 is 5.41 Å². The summed E-state index contributed by atoms with van der Waals surface area (Å²) < 4.78 is 10.9. The molecule has 2 aromatic carbocycles. The summed E-state index contributed by atoms with van der Waals surface area (Å²) in [5.41, 5.74) is 4.34. The van der Waals surface area contributed by atoms with Gasteiger partial charge in [-0.05, 0) is 61.2 Å². The smallest absolute Gasteiger partial charge is 0.231 e. The third kappa shape index (κ3) is 3.28. The molecule has 0 bridgehead atoms. The van der Waals surface area contributed by atoms with Crippen LogP contribution in [0.15, 0.2) is 54.6 Å². The van der Waals surface area contributed by atoms with Crippen LogP contribution in [-0.2, 0) is 16.6 Å². The lowest BCUT2D eigenvalue weighted by Gasteiger charge is -2.15. The van der Waals surface area contributed by atoms with Gasteiger partial charge < -0.3 is 9.47 Å². The predicted molar refractivity (Wildman–Crippen MR) is 112 cm³/mol. The molecule has 1 aliphatic heterocycles. The minimum absolute atomic E-state index is 0.207. The number of aryl methyl sites for hydroxylation is 1. The van der Waals surface area contributed by atoms with Gasteiger partial charge in [-0.15, -0.1) is 0 Å². The molecule has 1 aliphatic carbocycles.